The predicted octanol–water partition coefficient (Wildman–Crippen LogP) is 6.01. The molecule has 0 spiro atoms. The second kappa shape index (κ2) is 7.73. The highest BCUT2D eigenvalue weighted by Gasteiger charge is 2.39. The average molecular weight is 455 g/mol. The minimum atomic E-state index is -0.373. The van der Waals surface area contributed by atoms with Crippen LogP contribution in [0.3, 0.4) is 0 Å². The molecule has 158 valence electrons. The molecule has 0 bridgehead atoms. The Balaban J connectivity index is 1.55. The second-order valence-electron chi connectivity index (χ2n) is 7.89. The van der Waals surface area contributed by atoms with Crippen LogP contribution in [-0.2, 0) is 0 Å². The number of H-pyrrole nitrogens is 1. The number of imidazole rings is 1. The van der Waals surface area contributed by atoms with Crippen molar-refractivity contribution >= 4 is 39.9 Å². The zero-order chi connectivity index (χ0) is 21.7. The molecule has 2 aromatic carbocycles. The van der Waals surface area contributed by atoms with Gasteiger partial charge in [-0.15, -0.1) is 11.3 Å². The first kappa shape index (κ1) is 20.2. The van der Waals surface area contributed by atoms with Gasteiger partial charge in [0.1, 0.15) is 17.0 Å². The highest BCUT2D eigenvalue weighted by Crippen LogP contribution is 2.40. The molecule has 1 aliphatic heterocycles. The number of carbonyl (C=O) groups is 1. The summed E-state index contributed by atoms with van der Waals surface area (Å²) in [6.07, 6.45) is 0.839. The number of carbonyl (C=O) groups excluding carboxylic acids is 1. The van der Waals surface area contributed by atoms with Crippen LogP contribution in [0, 0.1) is 18.7 Å². The van der Waals surface area contributed by atoms with Gasteiger partial charge in [0.15, 0.2) is 5.82 Å². The van der Waals surface area contributed by atoms with Gasteiger partial charge in [-0.25, -0.2) is 14.4 Å². The minimum Gasteiger partial charge on any atom is -0.340 e. The van der Waals surface area contributed by atoms with Crippen LogP contribution in [0.2, 0.25) is 5.02 Å². The Hall–Kier alpha value is -2.77. The topological polar surface area (TPSA) is 61.9 Å². The van der Waals surface area contributed by atoms with Crippen molar-refractivity contribution in [1.29, 1.82) is 0 Å². The summed E-state index contributed by atoms with van der Waals surface area (Å²) in [4.78, 5) is 28.6. The third kappa shape index (κ3) is 3.51. The van der Waals surface area contributed by atoms with Crippen molar-refractivity contribution in [3.05, 3.63) is 69.8 Å². The molecule has 1 saturated heterocycles. The van der Waals surface area contributed by atoms with Crippen LogP contribution in [-0.4, -0.2) is 32.3 Å². The first-order chi connectivity index (χ1) is 14.9. The van der Waals surface area contributed by atoms with E-state index < -0.39 is 0 Å². The van der Waals surface area contributed by atoms with Crippen LogP contribution in [0.4, 0.5) is 4.39 Å². The summed E-state index contributed by atoms with van der Waals surface area (Å²) in [5, 5.41) is 1.42. The lowest BCUT2D eigenvalue weighted by molar-refractivity contribution is 0.0710. The molecule has 1 aliphatic rings. The summed E-state index contributed by atoms with van der Waals surface area (Å²) < 4.78 is 14.2. The molecule has 2 atom stereocenters. The molecular formula is C23H20ClFN4OS. The number of nitrogens with zero attached hydrogens (tertiary/aromatic N) is 3. The average Bonchev–Trinajstić information content (AvgIpc) is 3.44. The maximum absolute atomic E-state index is 14.2. The number of amides is 1. The zero-order valence-corrected chi connectivity index (χ0v) is 18.6. The summed E-state index contributed by atoms with van der Waals surface area (Å²) in [6, 6.07) is 12.0. The third-order valence-corrected chi connectivity index (χ3v) is 7.00. The van der Waals surface area contributed by atoms with E-state index in [0.717, 1.165) is 21.9 Å². The maximum atomic E-state index is 14.2. The fourth-order valence-corrected chi connectivity index (χ4v) is 5.38. The van der Waals surface area contributed by atoms with Gasteiger partial charge in [0, 0.05) is 11.6 Å². The quantitative estimate of drug-likeness (QED) is 0.412. The predicted molar refractivity (Wildman–Crippen MR) is 121 cm³/mol. The summed E-state index contributed by atoms with van der Waals surface area (Å²) in [6.45, 7) is 4.57. The molecule has 4 aromatic rings. The molecule has 1 N–H and O–H groups in total. The van der Waals surface area contributed by atoms with Crippen LogP contribution in [0.5, 0.6) is 0 Å². The number of halogens is 2. The molecule has 31 heavy (non-hydrogen) atoms. The summed E-state index contributed by atoms with van der Waals surface area (Å²) >= 11 is 7.66. The van der Waals surface area contributed by atoms with Gasteiger partial charge >= 0.3 is 0 Å². The molecule has 1 fully saturated rings. The normalized spacial score (nSPS) is 18.8. The number of para-hydroxylation sites is 1. The van der Waals surface area contributed by atoms with Crippen molar-refractivity contribution in [3.63, 3.8) is 0 Å². The van der Waals surface area contributed by atoms with Crippen LogP contribution >= 0.6 is 22.9 Å². The van der Waals surface area contributed by atoms with Crippen molar-refractivity contribution in [2.45, 2.75) is 26.3 Å². The van der Waals surface area contributed by atoms with E-state index in [1.54, 1.807) is 18.2 Å². The standard InChI is InChI=1S/C23H20ClFN4OS/c1-12-9-10-29(20(12)22-27-17-8-4-7-16(25)18(17)28-22)23(30)19-21(31-13(2)26-19)14-5-3-6-15(24)11-14/h3-8,11-12,20H,9-10H2,1-2H3,(H,27,28)/t12-,20-/m0/s1. The Labute approximate surface area is 187 Å². The highest BCUT2D eigenvalue weighted by atomic mass is 35.5. The number of hydrogen-bond acceptors (Lipinski definition) is 4. The number of aromatic amines is 1. The van der Waals surface area contributed by atoms with E-state index in [9.17, 15) is 9.18 Å². The highest BCUT2D eigenvalue weighted by molar-refractivity contribution is 7.15. The number of hydrogen-bond donors (Lipinski definition) is 1. The van der Waals surface area contributed by atoms with E-state index in [4.69, 9.17) is 11.6 Å². The first-order valence-electron chi connectivity index (χ1n) is 10.1. The van der Waals surface area contributed by atoms with Crippen LogP contribution in [0.25, 0.3) is 21.5 Å². The molecule has 8 heteroatoms. The Morgan fingerprint density at radius 1 is 1.26 bits per heavy atom. The van der Waals surface area contributed by atoms with Crippen molar-refractivity contribution < 1.29 is 9.18 Å². The van der Waals surface area contributed by atoms with E-state index in [1.165, 1.54) is 17.4 Å². The zero-order valence-electron chi connectivity index (χ0n) is 17.0. The van der Waals surface area contributed by atoms with Crippen molar-refractivity contribution in [3.8, 4) is 10.4 Å². The summed E-state index contributed by atoms with van der Waals surface area (Å²) in [7, 11) is 0. The van der Waals surface area contributed by atoms with Gasteiger partial charge in [-0.3, -0.25) is 4.79 Å². The number of aromatic nitrogens is 3. The molecular weight excluding hydrogens is 435 g/mol. The lowest BCUT2D eigenvalue weighted by Gasteiger charge is -2.25. The maximum Gasteiger partial charge on any atom is 0.274 e. The van der Waals surface area contributed by atoms with E-state index in [0.29, 0.717) is 34.1 Å². The lowest BCUT2D eigenvalue weighted by Crippen LogP contribution is -2.33. The van der Waals surface area contributed by atoms with E-state index in [-0.39, 0.29) is 23.7 Å². The van der Waals surface area contributed by atoms with Crippen molar-refractivity contribution in [1.82, 2.24) is 19.9 Å². The van der Waals surface area contributed by atoms with Gasteiger partial charge in [0.25, 0.3) is 5.91 Å². The van der Waals surface area contributed by atoms with Gasteiger partial charge in [-0.05, 0) is 49.1 Å². The van der Waals surface area contributed by atoms with Crippen LogP contribution in [0.1, 0.15) is 40.7 Å². The Bertz CT molecular complexity index is 1300. The molecule has 5 nitrogen and oxygen atoms in total. The third-order valence-electron chi connectivity index (χ3n) is 5.75. The SMILES string of the molecule is Cc1nc(C(=O)N2CC[C@H](C)[C@H]2c2nc3c(F)cccc3[nH]2)c(-c2cccc(Cl)c2)s1. The number of aryl methyl sites for hydroxylation is 1. The monoisotopic (exact) mass is 454 g/mol. The van der Waals surface area contributed by atoms with Crippen LogP contribution < -0.4 is 0 Å². The molecule has 2 aromatic heterocycles. The largest absolute Gasteiger partial charge is 0.340 e. The van der Waals surface area contributed by atoms with Gasteiger partial charge < -0.3 is 9.88 Å². The summed E-state index contributed by atoms with van der Waals surface area (Å²) in [5.74, 6) is 0.271. The second-order valence-corrected chi connectivity index (χ2v) is 9.53. The molecule has 5 rings (SSSR count). The van der Waals surface area contributed by atoms with Gasteiger partial charge in [0.05, 0.1) is 21.4 Å². The van der Waals surface area contributed by atoms with E-state index in [2.05, 4.69) is 21.9 Å². The van der Waals surface area contributed by atoms with Crippen molar-refractivity contribution in [2.75, 3.05) is 6.54 Å². The first-order valence-corrected chi connectivity index (χ1v) is 11.3. The molecule has 0 radical (unpaired) electrons. The summed E-state index contributed by atoms with van der Waals surface area (Å²) in [5.41, 5.74) is 2.22. The van der Waals surface area contributed by atoms with E-state index in [1.807, 2.05) is 30.0 Å². The minimum absolute atomic E-state index is 0.144. The van der Waals surface area contributed by atoms with Crippen LogP contribution in [0.15, 0.2) is 42.5 Å². The number of fused-ring (bicyclic) bond motifs is 1. The smallest absolute Gasteiger partial charge is 0.274 e. The van der Waals surface area contributed by atoms with Gasteiger partial charge in [-0.2, -0.15) is 0 Å². The Kier molecular flexibility index (Phi) is 5.02. The number of rotatable bonds is 3. The fourth-order valence-electron chi connectivity index (χ4n) is 4.28. The molecule has 0 aliphatic carbocycles. The Morgan fingerprint density at radius 2 is 2.06 bits per heavy atom. The van der Waals surface area contributed by atoms with Crippen molar-refractivity contribution in [2.24, 2.45) is 5.92 Å². The Morgan fingerprint density at radius 3 is 2.84 bits per heavy atom. The van der Waals surface area contributed by atoms with E-state index >= 15 is 0 Å². The molecule has 0 saturated carbocycles. The molecule has 0 unspecified atom stereocenters. The fraction of sp³-hybridized carbons (Fsp3) is 0.261. The lowest BCUT2D eigenvalue weighted by atomic mass is 10.0. The number of thiazole rings is 1. The number of benzene rings is 2. The van der Waals surface area contributed by atoms with Gasteiger partial charge in [-0.1, -0.05) is 36.7 Å². The molecule has 1 amide bonds. The number of likely N-dealkylation sites (tertiary alicyclic amines) is 1. The number of nitrogens with one attached hydrogen (secondary N) is 1. The molecule has 3 heterocycles. The van der Waals surface area contributed by atoms with Gasteiger partial charge in [0.2, 0.25) is 0 Å².